The summed E-state index contributed by atoms with van der Waals surface area (Å²) in [6.45, 7) is 2.68. The number of amides is 1. The van der Waals surface area contributed by atoms with E-state index in [0.29, 0.717) is 5.56 Å². The molecule has 2 atom stereocenters. The average Bonchev–Trinajstić information content (AvgIpc) is 2.55. The van der Waals surface area contributed by atoms with Gasteiger partial charge in [-0.05, 0) is 43.7 Å². The first-order valence-electron chi connectivity index (χ1n) is 8.22. The molecule has 23 heavy (non-hydrogen) atoms. The maximum Gasteiger partial charge on any atom is 0.252 e. The van der Waals surface area contributed by atoms with Crippen molar-refractivity contribution in [3.8, 4) is 0 Å². The molecule has 2 heterocycles. The number of nitrogens with two attached hydrogens (primary N) is 1. The fourth-order valence-electron chi connectivity index (χ4n) is 3.40. The minimum atomic E-state index is -0.189. The zero-order valence-electron chi connectivity index (χ0n) is 13.4. The summed E-state index contributed by atoms with van der Waals surface area (Å²) in [5.74, 6) is -0.00668. The number of para-hydroxylation sites is 1. The number of benzene rings is 1. The number of nitrogens with one attached hydrogen (secondary N) is 1. The van der Waals surface area contributed by atoms with Crippen molar-refractivity contribution in [1.82, 2.24) is 9.88 Å². The zero-order valence-corrected chi connectivity index (χ0v) is 13.4. The third-order valence-corrected chi connectivity index (χ3v) is 4.65. The highest BCUT2D eigenvalue weighted by Gasteiger charge is 2.29. The fraction of sp³-hybridized carbons (Fsp3) is 0.444. The first kappa shape index (κ1) is 15.7. The highest BCUT2D eigenvalue weighted by molar-refractivity contribution is 5.83. The molecule has 1 aromatic carbocycles. The Morgan fingerprint density at radius 1 is 1.39 bits per heavy atom. The van der Waals surface area contributed by atoms with Gasteiger partial charge in [-0.3, -0.25) is 9.59 Å². The fourth-order valence-corrected chi connectivity index (χ4v) is 3.40. The molecule has 3 rings (SSSR count). The van der Waals surface area contributed by atoms with Crippen LogP contribution >= 0.6 is 0 Å². The Kier molecular flexibility index (Phi) is 4.48. The molecular weight excluding hydrogens is 290 g/mol. The van der Waals surface area contributed by atoms with E-state index in [1.54, 1.807) is 0 Å². The number of piperidine rings is 1. The normalized spacial score (nSPS) is 19.7. The van der Waals surface area contributed by atoms with Gasteiger partial charge in [-0.1, -0.05) is 18.2 Å². The van der Waals surface area contributed by atoms with Gasteiger partial charge in [-0.15, -0.1) is 0 Å². The molecule has 3 N–H and O–H groups in total. The molecular formula is C18H23N3O2. The molecule has 2 unspecified atom stereocenters. The molecule has 0 saturated carbocycles. The minimum absolute atomic E-state index is 0.00668. The summed E-state index contributed by atoms with van der Waals surface area (Å²) in [5.41, 5.74) is 7.15. The molecule has 1 saturated heterocycles. The van der Waals surface area contributed by atoms with Gasteiger partial charge in [0.15, 0.2) is 0 Å². The van der Waals surface area contributed by atoms with Gasteiger partial charge in [-0.25, -0.2) is 0 Å². The third-order valence-electron chi connectivity index (χ3n) is 4.65. The predicted octanol–water partition coefficient (Wildman–Crippen LogP) is 1.80. The lowest BCUT2D eigenvalue weighted by molar-refractivity contribution is -0.134. The minimum Gasteiger partial charge on any atom is -0.338 e. The van der Waals surface area contributed by atoms with Crippen molar-refractivity contribution < 1.29 is 4.79 Å². The molecule has 0 spiro atoms. The summed E-state index contributed by atoms with van der Waals surface area (Å²) in [4.78, 5) is 29.6. The number of aromatic nitrogens is 1. The van der Waals surface area contributed by atoms with E-state index in [4.69, 9.17) is 5.73 Å². The average molecular weight is 313 g/mol. The molecule has 1 aliphatic rings. The lowest BCUT2D eigenvalue weighted by atomic mass is 9.96. The number of carbonyl (C=O) groups is 1. The van der Waals surface area contributed by atoms with Gasteiger partial charge in [0.25, 0.3) is 5.56 Å². The van der Waals surface area contributed by atoms with Gasteiger partial charge in [0, 0.05) is 29.7 Å². The predicted molar refractivity (Wildman–Crippen MR) is 91.3 cm³/mol. The van der Waals surface area contributed by atoms with Crippen molar-refractivity contribution in [3.05, 3.63) is 46.2 Å². The Hall–Kier alpha value is -2.14. The molecule has 1 amide bonds. The number of H-pyrrole nitrogens is 1. The van der Waals surface area contributed by atoms with Gasteiger partial charge in [0.2, 0.25) is 5.91 Å². The largest absolute Gasteiger partial charge is 0.338 e. The topological polar surface area (TPSA) is 79.2 Å². The summed E-state index contributed by atoms with van der Waals surface area (Å²) >= 11 is 0. The highest BCUT2D eigenvalue weighted by atomic mass is 16.2. The monoisotopic (exact) mass is 313 g/mol. The van der Waals surface area contributed by atoms with Crippen molar-refractivity contribution in [3.63, 3.8) is 0 Å². The maximum atomic E-state index is 12.7. The summed E-state index contributed by atoms with van der Waals surface area (Å²) in [5, 5.41) is 0.942. The summed E-state index contributed by atoms with van der Waals surface area (Å²) < 4.78 is 0. The number of rotatable bonds is 3. The Morgan fingerprint density at radius 3 is 2.96 bits per heavy atom. The van der Waals surface area contributed by atoms with E-state index in [0.717, 1.165) is 36.7 Å². The van der Waals surface area contributed by atoms with E-state index in [2.05, 4.69) is 4.98 Å². The molecule has 0 aliphatic carbocycles. The van der Waals surface area contributed by atoms with Gasteiger partial charge >= 0.3 is 0 Å². The number of nitrogens with zero attached hydrogens (tertiary/aromatic N) is 1. The summed E-state index contributed by atoms with van der Waals surface area (Å²) in [7, 11) is 0. The second-order valence-electron chi connectivity index (χ2n) is 6.40. The van der Waals surface area contributed by atoms with Gasteiger partial charge in [0.05, 0.1) is 6.42 Å². The lowest BCUT2D eigenvalue weighted by Crippen LogP contribution is -2.52. The lowest BCUT2D eigenvalue weighted by Gasteiger charge is -2.38. The Bertz CT molecular complexity index is 766. The second-order valence-corrected chi connectivity index (χ2v) is 6.40. The number of fused-ring (bicyclic) bond motifs is 1. The number of hydrogen-bond donors (Lipinski definition) is 2. The van der Waals surface area contributed by atoms with Crippen molar-refractivity contribution in [1.29, 1.82) is 0 Å². The van der Waals surface area contributed by atoms with Crippen LogP contribution in [0.15, 0.2) is 35.1 Å². The summed E-state index contributed by atoms with van der Waals surface area (Å²) in [6, 6.07) is 9.44. The van der Waals surface area contributed by atoms with E-state index < -0.39 is 0 Å². The molecule has 1 aromatic heterocycles. The summed E-state index contributed by atoms with van der Waals surface area (Å²) in [6.07, 6.45) is 3.18. The van der Waals surface area contributed by atoms with Crippen LogP contribution in [-0.4, -0.2) is 34.4 Å². The zero-order chi connectivity index (χ0) is 16.4. The van der Waals surface area contributed by atoms with Crippen LogP contribution in [0.2, 0.25) is 0 Å². The van der Waals surface area contributed by atoms with Crippen LogP contribution in [0.25, 0.3) is 10.9 Å². The van der Waals surface area contributed by atoms with Crippen LogP contribution in [0.1, 0.15) is 31.7 Å². The molecule has 0 bridgehead atoms. The standard InChI is InChI=1S/C18H23N3O2/c1-12(19)16-8-4-5-9-21(16)17(22)11-14-10-13-6-2-3-7-15(13)20-18(14)23/h2-3,6-7,10,12,16H,4-5,8-9,11,19H2,1H3,(H,20,23). The van der Waals surface area contributed by atoms with Crippen LogP contribution in [-0.2, 0) is 11.2 Å². The first-order valence-corrected chi connectivity index (χ1v) is 8.22. The first-order chi connectivity index (χ1) is 11.1. The molecule has 122 valence electrons. The van der Waals surface area contributed by atoms with Gasteiger partial charge in [0.1, 0.15) is 0 Å². The van der Waals surface area contributed by atoms with E-state index in [-0.39, 0.29) is 30.0 Å². The maximum absolute atomic E-state index is 12.7. The molecule has 1 fully saturated rings. The van der Waals surface area contributed by atoms with Crippen LogP contribution in [0, 0.1) is 0 Å². The van der Waals surface area contributed by atoms with E-state index in [9.17, 15) is 9.59 Å². The SMILES string of the molecule is CC(N)C1CCCCN1C(=O)Cc1cc2ccccc2[nH]c1=O. The molecule has 5 heteroatoms. The van der Waals surface area contributed by atoms with E-state index in [1.807, 2.05) is 42.2 Å². The Labute approximate surface area is 135 Å². The number of aromatic amines is 1. The molecule has 0 radical (unpaired) electrons. The van der Waals surface area contributed by atoms with Crippen LogP contribution < -0.4 is 11.3 Å². The number of pyridine rings is 1. The Morgan fingerprint density at radius 2 is 2.17 bits per heavy atom. The molecule has 2 aromatic rings. The molecule has 1 aliphatic heterocycles. The van der Waals surface area contributed by atoms with Crippen LogP contribution in [0.5, 0.6) is 0 Å². The number of likely N-dealkylation sites (tertiary alicyclic amines) is 1. The third kappa shape index (κ3) is 3.29. The number of hydrogen-bond acceptors (Lipinski definition) is 3. The Balaban J connectivity index is 1.84. The number of carbonyl (C=O) groups excluding carboxylic acids is 1. The quantitative estimate of drug-likeness (QED) is 0.907. The van der Waals surface area contributed by atoms with Crippen molar-refractivity contribution >= 4 is 16.8 Å². The van der Waals surface area contributed by atoms with E-state index in [1.165, 1.54) is 0 Å². The van der Waals surface area contributed by atoms with Crippen LogP contribution in [0.3, 0.4) is 0 Å². The second kappa shape index (κ2) is 6.54. The highest BCUT2D eigenvalue weighted by Crippen LogP contribution is 2.20. The van der Waals surface area contributed by atoms with Crippen molar-refractivity contribution in [2.24, 2.45) is 5.73 Å². The van der Waals surface area contributed by atoms with Crippen molar-refractivity contribution in [2.75, 3.05) is 6.54 Å². The van der Waals surface area contributed by atoms with Gasteiger partial charge < -0.3 is 15.6 Å². The smallest absolute Gasteiger partial charge is 0.252 e. The molecule has 5 nitrogen and oxygen atoms in total. The van der Waals surface area contributed by atoms with Crippen molar-refractivity contribution in [2.45, 2.75) is 44.7 Å². The van der Waals surface area contributed by atoms with E-state index >= 15 is 0 Å². The van der Waals surface area contributed by atoms with Crippen LogP contribution in [0.4, 0.5) is 0 Å². The van der Waals surface area contributed by atoms with Gasteiger partial charge in [-0.2, -0.15) is 0 Å².